The first kappa shape index (κ1) is 21.5. The summed E-state index contributed by atoms with van der Waals surface area (Å²) in [6.45, 7) is 2.99. The summed E-state index contributed by atoms with van der Waals surface area (Å²) in [5.41, 5.74) is 8.07. The van der Waals surface area contributed by atoms with E-state index in [2.05, 4.69) is 19.1 Å². The maximum atomic E-state index is 10.3. The van der Waals surface area contributed by atoms with Gasteiger partial charge < -0.3 is 35.6 Å². The number of nitrogen functional groups attached to an aromatic ring is 1. The van der Waals surface area contributed by atoms with Crippen LogP contribution >= 0.6 is 0 Å². The van der Waals surface area contributed by atoms with Crippen LogP contribution in [0.2, 0.25) is 0 Å². The Bertz CT molecular complexity index is 827. The molecule has 5 atom stereocenters. The number of aryl methyl sites for hydroxylation is 1. The van der Waals surface area contributed by atoms with E-state index in [1.54, 1.807) is 12.1 Å². The molecule has 1 saturated heterocycles. The van der Waals surface area contributed by atoms with Gasteiger partial charge in [-0.1, -0.05) is 37.3 Å². The van der Waals surface area contributed by atoms with E-state index in [4.69, 9.17) is 15.2 Å². The largest absolute Gasteiger partial charge is 0.462 e. The Balaban J connectivity index is 1.85. The van der Waals surface area contributed by atoms with E-state index in [0.29, 0.717) is 17.9 Å². The van der Waals surface area contributed by atoms with Crippen LogP contribution < -0.4 is 10.5 Å². The van der Waals surface area contributed by atoms with Gasteiger partial charge in [0.05, 0.1) is 6.61 Å². The summed E-state index contributed by atoms with van der Waals surface area (Å²) in [5, 5.41) is 40.2. The van der Waals surface area contributed by atoms with Crippen LogP contribution in [0.25, 0.3) is 0 Å². The quantitative estimate of drug-likeness (QED) is 0.456. The van der Waals surface area contributed by atoms with E-state index in [0.717, 1.165) is 17.5 Å². The van der Waals surface area contributed by atoms with Crippen molar-refractivity contribution in [3.63, 3.8) is 0 Å². The number of ether oxygens (including phenoxy) is 2. The summed E-state index contributed by atoms with van der Waals surface area (Å²) in [7, 11) is 0. The number of aliphatic hydroxyl groups is 4. The summed E-state index contributed by atoms with van der Waals surface area (Å²) in [5.74, 6) is 0.400. The monoisotopic (exact) mass is 403 g/mol. The van der Waals surface area contributed by atoms with Gasteiger partial charge in [0.2, 0.25) is 6.29 Å². The Labute approximate surface area is 170 Å². The zero-order chi connectivity index (χ0) is 21.2. The molecule has 2 aromatic carbocycles. The Hall–Kier alpha value is -2.16. The maximum Gasteiger partial charge on any atom is 0.229 e. The van der Waals surface area contributed by atoms with Gasteiger partial charge in [-0.25, -0.2) is 0 Å². The molecular formula is C22H29NO6. The molecule has 1 fully saturated rings. The lowest BCUT2D eigenvalue weighted by molar-refractivity contribution is -0.313. The maximum absolute atomic E-state index is 10.3. The summed E-state index contributed by atoms with van der Waals surface area (Å²) in [6.07, 6.45) is -4.23. The van der Waals surface area contributed by atoms with Gasteiger partial charge >= 0.3 is 0 Å². The smallest absolute Gasteiger partial charge is 0.229 e. The molecular weight excluding hydrogens is 374 g/mol. The van der Waals surface area contributed by atoms with Crippen molar-refractivity contribution in [1.29, 1.82) is 0 Å². The summed E-state index contributed by atoms with van der Waals surface area (Å²) in [6, 6.07) is 13.5. The number of rotatable bonds is 6. The van der Waals surface area contributed by atoms with Gasteiger partial charge in [-0.15, -0.1) is 0 Å². The van der Waals surface area contributed by atoms with Crippen LogP contribution in [-0.4, -0.2) is 57.2 Å². The molecule has 0 amide bonds. The van der Waals surface area contributed by atoms with Gasteiger partial charge in [0.25, 0.3) is 0 Å². The second-order valence-electron chi connectivity index (χ2n) is 7.71. The first-order chi connectivity index (χ1) is 13.8. The molecule has 0 aliphatic carbocycles. The van der Waals surface area contributed by atoms with Gasteiger partial charge in [-0.2, -0.15) is 0 Å². The molecule has 2 aromatic rings. The number of nitrogens with two attached hydrogens (primary N) is 1. The number of anilines is 1. The SMILES string of the molecule is CCc1ccc(Cc2ccc(N)cc2O[C@@H]2O[C@](C)(CO)[C@@H](O)[C@H](O)[C@H]2O)cc1. The van der Waals surface area contributed by atoms with Crippen molar-refractivity contribution in [3.05, 3.63) is 59.2 Å². The molecule has 0 bridgehead atoms. The van der Waals surface area contributed by atoms with Crippen LogP contribution in [0.3, 0.4) is 0 Å². The highest BCUT2D eigenvalue weighted by molar-refractivity contribution is 5.50. The van der Waals surface area contributed by atoms with Crippen LogP contribution in [-0.2, 0) is 17.6 Å². The molecule has 0 radical (unpaired) electrons. The molecule has 1 aliphatic rings. The highest BCUT2D eigenvalue weighted by Gasteiger charge is 2.51. The lowest BCUT2D eigenvalue weighted by Crippen LogP contribution is -2.65. The van der Waals surface area contributed by atoms with E-state index in [1.807, 2.05) is 18.2 Å². The van der Waals surface area contributed by atoms with E-state index >= 15 is 0 Å². The minimum Gasteiger partial charge on any atom is -0.462 e. The predicted molar refractivity (Wildman–Crippen MR) is 108 cm³/mol. The fourth-order valence-corrected chi connectivity index (χ4v) is 3.40. The first-order valence-electron chi connectivity index (χ1n) is 9.73. The standard InChI is InChI=1S/C22H29NO6/c1-3-13-4-6-14(7-5-13)10-15-8-9-16(23)11-17(15)28-21-19(26)18(25)20(27)22(2,12-24)29-21/h4-9,11,18-21,24-27H,3,10,12,23H2,1-2H3/t18-,19-,20+,21-,22-/m1/s1. The van der Waals surface area contributed by atoms with Crippen molar-refractivity contribution in [3.8, 4) is 5.75 Å². The van der Waals surface area contributed by atoms with Crippen LogP contribution in [0.1, 0.15) is 30.5 Å². The highest BCUT2D eigenvalue weighted by atomic mass is 16.7. The van der Waals surface area contributed by atoms with Crippen LogP contribution in [0.5, 0.6) is 5.75 Å². The van der Waals surface area contributed by atoms with Crippen molar-refractivity contribution in [2.24, 2.45) is 0 Å². The molecule has 0 saturated carbocycles. The molecule has 0 unspecified atom stereocenters. The Morgan fingerprint density at radius 2 is 1.69 bits per heavy atom. The molecule has 7 nitrogen and oxygen atoms in total. The molecule has 1 aliphatic heterocycles. The normalized spacial score (nSPS) is 29.6. The molecule has 29 heavy (non-hydrogen) atoms. The van der Waals surface area contributed by atoms with E-state index in [1.165, 1.54) is 12.5 Å². The molecule has 158 valence electrons. The Morgan fingerprint density at radius 1 is 1.03 bits per heavy atom. The predicted octanol–water partition coefficient (Wildman–Crippen LogP) is 0.991. The fraction of sp³-hybridized carbons (Fsp3) is 0.455. The summed E-state index contributed by atoms with van der Waals surface area (Å²) in [4.78, 5) is 0. The van der Waals surface area contributed by atoms with Gasteiger partial charge in [-0.05, 0) is 36.1 Å². The van der Waals surface area contributed by atoms with Gasteiger partial charge in [0.15, 0.2) is 0 Å². The first-order valence-corrected chi connectivity index (χ1v) is 9.73. The number of benzene rings is 2. The molecule has 7 heteroatoms. The Kier molecular flexibility index (Phi) is 6.45. The van der Waals surface area contributed by atoms with Crippen molar-refractivity contribution >= 4 is 5.69 Å². The molecule has 0 aromatic heterocycles. The van der Waals surface area contributed by atoms with Crippen LogP contribution in [0, 0.1) is 0 Å². The van der Waals surface area contributed by atoms with Crippen LogP contribution in [0.15, 0.2) is 42.5 Å². The lowest BCUT2D eigenvalue weighted by atomic mass is 9.89. The third-order valence-electron chi connectivity index (χ3n) is 5.44. The third-order valence-corrected chi connectivity index (χ3v) is 5.44. The van der Waals surface area contributed by atoms with Crippen molar-refractivity contribution in [2.75, 3.05) is 12.3 Å². The van der Waals surface area contributed by atoms with Crippen molar-refractivity contribution in [1.82, 2.24) is 0 Å². The van der Waals surface area contributed by atoms with E-state index in [9.17, 15) is 20.4 Å². The minimum absolute atomic E-state index is 0.400. The summed E-state index contributed by atoms with van der Waals surface area (Å²) < 4.78 is 11.5. The average Bonchev–Trinajstić information content (AvgIpc) is 2.73. The van der Waals surface area contributed by atoms with Gasteiger partial charge in [0.1, 0.15) is 29.7 Å². The molecule has 3 rings (SSSR count). The number of hydrogen-bond donors (Lipinski definition) is 5. The van der Waals surface area contributed by atoms with E-state index in [-0.39, 0.29) is 0 Å². The molecule has 6 N–H and O–H groups in total. The molecule has 0 spiro atoms. The Morgan fingerprint density at radius 3 is 2.31 bits per heavy atom. The number of aliphatic hydroxyl groups excluding tert-OH is 4. The highest BCUT2D eigenvalue weighted by Crippen LogP contribution is 2.33. The average molecular weight is 403 g/mol. The van der Waals surface area contributed by atoms with Gasteiger partial charge in [-0.3, -0.25) is 0 Å². The van der Waals surface area contributed by atoms with Gasteiger partial charge in [0, 0.05) is 18.2 Å². The second kappa shape index (κ2) is 8.69. The number of hydrogen-bond acceptors (Lipinski definition) is 7. The van der Waals surface area contributed by atoms with Crippen molar-refractivity contribution < 1.29 is 29.9 Å². The van der Waals surface area contributed by atoms with E-state index < -0.39 is 36.8 Å². The second-order valence-corrected chi connectivity index (χ2v) is 7.71. The third kappa shape index (κ3) is 4.55. The minimum atomic E-state index is -1.53. The van der Waals surface area contributed by atoms with Crippen LogP contribution in [0.4, 0.5) is 5.69 Å². The zero-order valence-electron chi connectivity index (χ0n) is 16.7. The summed E-state index contributed by atoms with van der Waals surface area (Å²) >= 11 is 0. The lowest BCUT2D eigenvalue weighted by Gasteiger charge is -2.45. The zero-order valence-corrected chi connectivity index (χ0v) is 16.7. The van der Waals surface area contributed by atoms with Crippen molar-refractivity contribution in [2.45, 2.75) is 56.9 Å². The fourth-order valence-electron chi connectivity index (χ4n) is 3.40. The molecule has 1 heterocycles. The topological polar surface area (TPSA) is 125 Å².